The highest BCUT2D eigenvalue weighted by molar-refractivity contribution is 7.81. The summed E-state index contributed by atoms with van der Waals surface area (Å²) in [6.45, 7) is 0. The average molecular weight is 448 g/mol. The number of rotatable bonds is 3. The second kappa shape index (κ2) is 10.3. The van der Waals surface area contributed by atoms with Crippen LogP contribution in [0, 0.1) is 0 Å². The zero-order valence-electron chi connectivity index (χ0n) is 16.0. The number of aromatic nitrogens is 4. The van der Waals surface area contributed by atoms with Crippen molar-refractivity contribution in [3.05, 3.63) is 48.9 Å². The molecule has 0 saturated carbocycles. The third-order valence-corrected chi connectivity index (χ3v) is 4.14. The van der Waals surface area contributed by atoms with E-state index < -0.39 is 20.8 Å². The lowest BCUT2D eigenvalue weighted by Gasteiger charge is -1.98. The topological polar surface area (TPSA) is 158 Å². The predicted octanol–water partition coefficient (Wildman–Crippen LogP) is -1.16. The molecule has 0 spiro atoms. The molecule has 3 aromatic rings. The first kappa shape index (κ1) is 24.5. The third kappa shape index (κ3) is 8.59. The van der Waals surface area contributed by atoms with Crippen molar-refractivity contribution in [3.63, 3.8) is 0 Å². The number of hydrogen-bond donors (Lipinski definition) is 0. The van der Waals surface area contributed by atoms with Gasteiger partial charge in [-0.05, 0) is 6.07 Å². The minimum Gasteiger partial charge on any atom is -0.726 e. The van der Waals surface area contributed by atoms with Crippen molar-refractivity contribution < 1.29 is 43.4 Å². The van der Waals surface area contributed by atoms with E-state index in [4.69, 9.17) is 0 Å². The molecule has 0 amide bonds. The Morgan fingerprint density at radius 2 is 1.41 bits per heavy atom. The molecule has 0 aliphatic carbocycles. The van der Waals surface area contributed by atoms with Crippen LogP contribution < -0.4 is 9.13 Å². The molecule has 0 N–H and O–H groups in total. The van der Waals surface area contributed by atoms with Crippen LogP contribution in [-0.4, -0.2) is 49.8 Å². The summed E-state index contributed by atoms with van der Waals surface area (Å²) in [7, 11) is -3.17. The number of nitrogens with zero attached hydrogens (tertiary/aromatic N) is 4. The zero-order valence-corrected chi connectivity index (χ0v) is 17.6. The van der Waals surface area contributed by atoms with E-state index >= 15 is 0 Å². The van der Waals surface area contributed by atoms with E-state index in [1.165, 1.54) is 0 Å². The van der Waals surface area contributed by atoms with Gasteiger partial charge in [0.15, 0.2) is 12.4 Å². The van der Waals surface area contributed by atoms with Crippen molar-refractivity contribution in [1.29, 1.82) is 0 Å². The molecule has 3 heterocycles. The Hall–Kier alpha value is -2.49. The van der Waals surface area contributed by atoms with Gasteiger partial charge in [-0.15, -0.1) is 0 Å². The van der Waals surface area contributed by atoms with E-state index in [1.807, 2.05) is 53.9 Å². The summed E-state index contributed by atoms with van der Waals surface area (Å²) in [4.78, 5) is 0. The molecule has 12 nitrogen and oxygen atoms in total. The van der Waals surface area contributed by atoms with E-state index in [-0.39, 0.29) is 0 Å². The standard InChI is InChI=1S/C13H14N4.2CH4O4S/c1-15-9-6-11(7-10-15)13-14-17-8-4-3-5-12(17)16(13)2;2*1-5-6(2,3)4/h3-10H,1-2H3;2*1H3,(H,2,3,4)/q+2;;/p-2. The monoisotopic (exact) mass is 448 g/mol. The van der Waals surface area contributed by atoms with Gasteiger partial charge >= 0.3 is 5.82 Å². The van der Waals surface area contributed by atoms with Gasteiger partial charge in [-0.1, -0.05) is 10.6 Å². The Balaban J connectivity index is 0.000000293. The lowest BCUT2D eigenvalue weighted by Crippen LogP contribution is -2.30. The molecule has 3 rings (SSSR count). The van der Waals surface area contributed by atoms with Crippen molar-refractivity contribution >= 4 is 26.4 Å². The van der Waals surface area contributed by atoms with E-state index in [0.29, 0.717) is 0 Å². The van der Waals surface area contributed by atoms with Crippen LogP contribution in [0.4, 0.5) is 0 Å². The van der Waals surface area contributed by atoms with Crippen LogP contribution in [-0.2, 0) is 43.3 Å². The highest BCUT2D eigenvalue weighted by Gasteiger charge is 2.18. The fourth-order valence-corrected chi connectivity index (χ4v) is 1.95. The summed E-state index contributed by atoms with van der Waals surface area (Å²) in [5.74, 6) is 0.969. The maximum atomic E-state index is 9.22. The Bertz CT molecular complexity index is 1110. The third-order valence-electron chi connectivity index (χ3n) is 3.33. The molecule has 29 heavy (non-hydrogen) atoms. The maximum absolute atomic E-state index is 9.22. The Labute approximate surface area is 168 Å². The molecular formula is C15H20N4O8S2. The molecule has 0 fully saturated rings. The zero-order chi connectivity index (χ0) is 22.2. The van der Waals surface area contributed by atoms with E-state index in [2.05, 4.69) is 36.2 Å². The van der Waals surface area contributed by atoms with E-state index in [9.17, 15) is 25.9 Å². The number of pyridine rings is 2. The molecular weight excluding hydrogens is 428 g/mol. The van der Waals surface area contributed by atoms with Crippen LogP contribution in [0.25, 0.3) is 17.0 Å². The first-order chi connectivity index (χ1) is 13.4. The Kier molecular flexibility index (Phi) is 8.75. The van der Waals surface area contributed by atoms with Gasteiger partial charge in [0.05, 0.1) is 31.9 Å². The highest BCUT2D eigenvalue weighted by atomic mass is 32.3. The van der Waals surface area contributed by atoms with Crippen molar-refractivity contribution in [2.24, 2.45) is 14.1 Å². The molecule has 0 atom stereocenters. The van der Waals surface area contributed by atoms with Gasteiger partial charge in [0.25, 0.3) is 5.65 Å². The summed E-state index contributed by atoms with van der Waals surface area (Å²) in [5.41, 5.74) is 2.20. The molecule has 0 radical (unpaired) electrons. The van der Waals surface area contributed by atoms with Crippen LogP contribution >= 0.6 is 0 Å². The van der Waals surface area contributed by atoms with Gasteiger partial charge in [0.1, 0.15) is 13.2 Å². The molecule has 160 valence electrons. The molecule has 0 aromatic carbocycles. The van der Waals surface area contributed by atoms with Gasteiger partial charge in [0, 0.05) is 18.2 Å². The summed E-state index contributed by atoms with van der Waals surface area (Å²) in [6.07, 6.45) is 6.01. The fraction of sp³-hybridized carbons (Fsp3) is 0.267. The van der Waals surface area contributed by atoms with Gasteiger partial charge in [0.2, 0.25) is 20.8 Å². The predicted molar refractivity (Wildman–Crippen MR) is 96.4 cm³/mol. The second-order valence-electron chi connectivity index (χ2n) is 5.29. The van der Waals surface area contributed by atoms with Crippen LogP contribution in [0.3, 0.4) is 0 Å². The van der Waals surface area contributed by atoms with Crippen molar-refractivity contribution in [3.8, 4) is 11.4 Å². The van der Waals surface area contributed by atoms with Gasteiger partial charge < -0.3 is 9.11 Å². The largest absolute Gasteiger partial charge is 0.726 e. The molecule has 0 aliphatic rings. The molecule has 3 aromatic heterocycles. The van der Waals surface area contributed by atoms with Crippen LogP contribution in [0.15, 0.2) is 48.9 Å². The highest BCUT2D eigenvalue weighted by Crippen LogP contribution is 2.11. The summed E-state index contributed by atoms with van der Waals surface area (Å²) in [5, 5.41) is 4.58. The van der Waals surface area contributed by atoms with E-state index in [0.717, 1.165) is 31.3 Å². The van der Waals surface area contributed by atoms with Gasteiger partial charge in [-0.2, -0.15) is 0 Å². The van der Waals surface area contributed by atoms with Crippen molar-refractivity contribution in [2.75, 3.05) is 14.2 Å². The molecule has 0 aliphatic heterocycles. The summed E-state index contributed by atoms with van der Waals surface area (Å²) in [6, 6.07) is 10.2. The minimum absolute atomic E-state index is 0.808. The average Bonchev–Trinajstić information content (AvgIpc) is 2.99. The normalized spacial score (nSPS) is 11.2. The van der Waals surface area contributed by atoms with E-state index in [1.54, 1.807) is 0 Å². The molecule has 14 heteroatoms. The Morgan fingerprint density at radius 3 is 1.83 bits per heavy atom. The molecule has 0 unspecified atom stereocenters. The second-order valence-corrected chi connectivity index (χ2v) is 7.59. The van der Waals surface area contributed by atoms with Gasteiger partial charge in [-0.3, -0.25) is 8.37 Å². The lowest BCUT2D eigenvalue weighted by molar-refractivity contribution is -0.671. The van der Waals surface area contributed by atoms with Crippen molar-refractivity contribution in [1.82, 2.24) is 9.61 Å². The fourth-order valence-electron chi connectivity index (χ4n) is 1.95. The van der Waals surface area contributed by atoms with Crippen LogP contribution in [0.2, 0.25) is 0 Å². The van der Waals surface area contributed by atoms with Crippen molar-refractivity contribution in [2.45, 2.75) is 0 Å². The Morgan fingerprint density at radius 1 is 0.931 bits per heavy atom. The first-order valence-corrected chi connectivity index (χ1v) is 10.4. The summed E-state index contributed by atoms with van der Waals surface area (Å²) < 4.78 is 68.0. The summed E-state index contributed by atoms with van der Waals surface area (Å²) >= 11 is 0. The number of fused-ring (bicyclic) bond motifs is 1. The molecule has 0 bridgehead atoms. The van der Waals surface area contributed by atoms with Crippen LogP contribution in [0.1, 0.15) is 0 Å². The quantitative estimate of drug-likeness (QED) is 0.273. The number of hydrogen-bond acceptors (Lipinski definition) is 9. The maximum Gasteiger partial charge on any atom is 0.310 e. The lowest BCUT2D eigenvalue weighted by atomic mass is 10.2. The minimum atomic E-state index is -4.41. The molecule has 0 saturated heterocycles. The SMILES string of the molecule is COS(=O)(=O)[O-].COS(=O)(=O)[O-].C[n+]1ccc(-c2nn3ccccc3[n+]2C)cc1. The first-order valence-electron chi connectivity index (χ1n) is 7.70. The number of aryl methyl sites for hydroxylation is 2. The van der Waals surface area contributed by atoms with Crippen LogP contribution in [0.5, 0.6) is 0 Å². The van der Waals surface area contributed by atoms with Gasteiger partial charge in [-0.25, -0.2) is 26.0 Å². The smallest absolute Gasteiger partial charge is 0.310 e.